The normalized spacial score (nSPS) is 16.8. The lowest BCUT2D eigenvalue weighted by Gasteiger charge is -2.26. The summed E-state index contributed by atoms with van der Waals surface area (Å²) in [6.07, 6.45) is 3.33. The maximum atomic E-state index is 12.8. The van der Waals surface area contributed by atoms with Gasteiger partial charge in [-0.2, -0.15) is 4.98 Å². The number of hydrogen-bond acceptors (Lipinski definition) is 6. The Morgan fingerprint density at radius 2 is 1.96 bits per heavy atom. The van der Waals surface area contributed by atoms with Crippen LogP contribution in [0.25, 0.3) is 0 Å². The van der Waals surface area contributed by atoms with Crippen LogP contribution in [0.15, 0.2) is 33.7 Å². The van der Waals surface area contributed by atoms with Crippen LogP contribution in [0.3, 0.4) is 0 Å². The molecule has 0 bridgehead atoms. The first kappa shape index (κ1) is 18.5. The van der Waals surface area contributed by atoms with E-state index in [0.717, 1.165) is 17.1 Å². The number of carbonyl (C=O) groups is 1. The Labute approximate surface area is 152 Å². The van der Waals surface area contributed by atoms with Crippen LogP contribution in [0.2, 0.25) is 0 Å². The van der Waals surface area contributed by atoms with Crippen LogP contribution in [-0.2, 0) is 15.6 Å². The Bertz CT molecular complexity index is 914. The predicted molar refractivity (Wildman–Crippen MR) is 94.0 cm³/mol. The molecule has 0 atom stereocenters. The Morgan fingerprint density at radius 1 is 1.27 bits per heavy atom. The highest BCUT2D eigenvalue weighted by Gasteiger charge is 2.41. The van der Waals surface area contributed by atoms with Crippen LogP contribution in [0.4, 0.5) is 0 Å². The van der Waals surface area contributed by atoms with E-state index in [0.29, 0.717) is 24.6 Å². The third-order valence-corrected chi connectivity index (χ3v) is 6.45. The summed E-state index contributed by atoms with van der Waals surface area (Å²) in [6, 6.07) is 6.01. The SMILES string of the molecule is Cc1nc(C2(NC(=O)c3cccc(S(=O)(=O)N(C)C)c3)CCCC2)no1. The van der Waals surface area contributed by atoms with Crippen LogP contribution in [-0.4, -0.2) is 42.9 Å². The predicted octanol–water partition coefficient (Wildman–Crippen LogP) is 1.83. The summed E-state index contributed by atoms with van der Waals surface area (Å²) in [7, 11) is -0.705. The molecule has 1 aliphatic rings. The lowest BCUT2D eigenvalue weighted by Crippen LogP contribution is -2.44. The molecule has 1 fully saturated rings. The maximum Gasteiger partial charge on any atom is 0.252 e. The molecule has 1 N–H and O–H groups in total. The molecule has 0 saturated heterocycles. The summed E-state index contributed by atoms with van der Waals surface area (Å²) in [5.41, 5.74) is -0.398. The lowest BCUT2D eigenvalue weighted by atomic mass is 9.96. The Hall–Kier alpha value is -2.26. The van der Waals surface area contributed by atoms with Crippen molar-refractivity contribution in [1.82, 2.24) is 19.8 Å². The molecule has 3 rings (SSSR count). The van der Waals surface area contributed by atoms with Crippen molar-refractivity contribution < 1.29 is 17.7 Å². The van der Waals surface area contributed by atoms with E-state index in [-0.39, 0.29) is 16.4 Å². The van der Waals surface area contributed by atoms with Gasteiger partial charge < -0.3 is 9.84 Å². The van der Waals surface area contributed by atoms with Crippen molar-refractivity contribution >= 4 is 15.9 Å². The second-order valence-electron chi connectivity index (χ2n) is 6.70. The van der Waals surface area contributed by atoms with E-state index in [1.807, 2.05) is 0 Å². The molecule has 2 aromatic rings. The van der Waals surface area contributed by atoms with Gasteiger partial charge in [0.1, 0.15) is 5.54 Å². The van der Waals surface area contributed by atoms with E-state index >= 15 is 0 Å². The first-order valence-corrected chi connectivity index (χ1v) is 9.84. The third-order valence-electron chi connectivity index (χ3n) is 4.64. The molecule has 1 heterocycles. The number of benzene rings is 1. The zero-order chi connectivity index (χ0) is 18.9. The van der Waals surface area contributed by atoms with E-state index in [2.05, 4.69) is 15.5 Å². The molecule has 26 heavy (non-hydrogen) atoms. The van der Waals surface area contributed by atoms with Crippen LogP contribution in [0.5, 0.6) is 0 Å². The number of nitrogens with one attached hydrogen (secondary N) is 1. The van der Waals surface area contributed by atoms with Gasteiger partial charge in [0.2, 0.25) is 15.9 Å². The average molecular weight is 378 g/mol. The number of hydrogen-bond donors (Lipinski definition) is 1. The molecule has 8 nitrogen and oxygen atoms in total. The summed E-state index contributed by atoms with van der Waals surface area (Å²) in [5.74, 6) is 0.558. The minimum absolute atomic E-state index is 0.0750. The summed E-state index contributed by atoms with van der Waals surface area (Å²) < 4.78 is 30.8. The van der Waals surface area contributed by atoms with Crippen molar-refractivity contribution in [2.45, 2.75) is 43.0 Å². The van der Waals surface area contributed by atoms with Crippen molar-refractivity contribution in [1.29, 1.82) is 0 Å². The largest absolute Gasteiger partial charge is 0.340 e. The van der Waals surface area contributed by atoms with E-state index in [9.17, 15) is 13.2 Å². The Kier molecular flexibility index (Phi) is 4.85. The zero-order valence-electron chi connectivity index (χ0n) is 15.0. The molecule has 0 radical (unpaired) electrons. The fourth-order valence-corrected chi connectivity index (χ4v) is 4.12. The van der Waals surface area contributed by atoms with Gasteiger partial charge in [-0.15, -0.1) is 0 Å². The first-order valence-electron chi connectivity index (χ1n) is 8.40. The summed E-state index contributed by atoms with van der Waals surface area (Å²) >= 11 is 0. The van der Waals surface area contributed by atoms with Crippen molar-refractivity contribution in [3.8, 4) is 0 Å². The number of carbonyl (C=O) groups excluding carboxylic acids is 1. The molecule has 1 aromatic heterocycles. The number of aromatic nitrogens is 2. The molecule has 0 spiro atoms. The van der Waals surface area contributed by atoms with Crippen molar-refractivity contribution in [3.63, 3.8) is 0 Å². The van der Waals surface area contributed by atoms with Crippen molar-refractivity contribution in [2.75, 3.05) is 14.1 Å². The minimum Gasteiger partial charge on any atom is -0.340 e. The number of aryl methyl sites for hydroxylation is 1. The van der Waals surface area contributed by atoms with Gasteiger partial charge >= 0.3 is 0 Å². The zero-order valence-corrected chi connectivity index (χ0v) is 15.8. The number of rotatable bonds is 5. The van der Waals surface area contributed by atoms with Gasteiger partial charge in [-0.1, -0.05) is 24.1 Å². The molecule has 1 aromatic carbocycles. The molecule has 1 amide bonds. The molecular formula is C17H22N4O4S. The average Bonchev–Trinajstić information content (AvgIpc) is 3.24. The van der Waals surface area contributed by atoms with Crippen LogP contribution >= 0.6 is 0 Å². The highest BCUT2D eigenvalue weighted by Crippen LogP contribution is 2.37. The van der Waals surface area contributed by atoms with Gasteiger partial charge in [0.05, 0.1) is 4.90 Å². The topological polar surface area (TPSA) is 105 Å². The molecular weight excluding hydrogens is 356 g/mol. The van der Waals surface area contributed by atoms with E-state index in [4.69, 9.17) is 4.52 Å². The van der Waals surface area contributed by atoms with E-state index < -0.39 is 15.6 Å². The van der Waals surface area contributed by atoms with Crippen molar-refractivity contribution in [3.05, 3.63) is 41.5 Å². The van der Waals surface area contributed by atoms with Gasteiger partial charge in [0, 0.05) is 26.6 Å². The van der Waals surface area contributed by atoms with Gasteiger partial charge in [0.25, 0.3) is 5.91 Å². The third kappa shape index (κ3) is 3.36. The number of amides is 1. The minimum atomic E-state index is -3.61. The monoisotopic (exact) mass is 378 g/mol. The number of nitrogens with zero attached hydrogens (tertiary/aromatic N) is 3. The molecule has 140 valence electrons. The Balaban J connectivity index is 1.90. The maximum absolute atomic E-state index is 12.8. The van der Waals surface area contributed by atoms with Gasteiger partial charge in [-0.3, -0.25) is 4.79 Å². The molecule has 1 saturated carbocycles. The number of sulfonamides is 1. The van der Waals surface area contributed by atoms with Gasteiger partial charge in [-0.25, -0.2) is 12.7 Å². The van der Waals surface area contributed by atoms with Gasteiger partial charge in [0.15, 0.2) is 5.82 Å². The summed E-state index contributed by atoms with van der Waals surface area (Å²) in [4.78, 5) is 17.2. The lowest BCUT2D eigenvalue weighted by molar-refractivity contribution is 0.0891. The molecule has 9 heteroatoms. The van der Waals surface area contributed by atoms with Gasteiger partial charge in [-0.05, 0) is 31.0 Å². The smallest absolute Gasteiger partial charge is 0.252 e. The van der Waals surface area contributed by atoms with E-state index in [1.165, 1.54) is 26.2 Å². The van der Waals surface area contributed by atoms with E-state index in [1.54, 1.807) is 19.1 Å². The molecule has 0 aliphatic heterocycles. The highest BCUT2D eigenvalue weighted by molar-refractivity contribution is 7.89. The van der Waals surface area contributed by atoms with Crippen LogP contribution in [0.1, 0.15) is 47.8 Å². The fourth-order valence-electron chi connectivity index (χ4n) is 3.17. The second kappa shape index (κ2) is 6.81. The fraction of sp³-hybridized carbons (Fsp3) is 0.471. The molecule has 0 unspecified atom stereocenters. The van der Waals surface area contributed by atoms with Crippen LogP contribution in [0, 0.1) is 6.92 Å². The Morgan fingerprint density at radius 3 is 2.54 bits per heavy atom. The highest BCUT2D eigenvalue weighted by atomic mass is 32.2. The van der Waals surface area contributed by atoms with Crippen molar-refractivity contribution in [2.24, 2.45) is 0 Å². The van der Waals surface area contributed by atoms with Crippen LogP contribution < -0.4 is 5.32 Å². The quantitative estimate of drug-likeness (QED) is 0.851. The summed E-state index contributed by atoms with van der Waals surface area (Å²) in [5, 5.41) is 7.01. The summed E-state index contributed by atoms with van der Waals surface area (Å²) in [6.45, 7) is 1.70. The first-order chi connectivity index (χ1) is 12.2. The second-order valence-corrected chi connectivity index (χ2v) is 8.85. The standard InChI is InChI=1S/C17H22N4O4S/c1-12-18-16(20-25-12)17(9-4-5-10-17)19-15(22)13-7-6-8-14(11-13)26(23,24)21(2)3/h6-8,11H,4-5,9-10H2,1-3H3,(H,19,22). The molecule has 1 aliphatic carbocycles.